The van der Waals surface area contributed by atoms with Crippen LogP contribution in [0.2, 0.25) is 0 Å². The number of aromatic nitrogens is 2. The molecule has 2 saturated heterocycles. The number of aryl methyl sites for hydroxylation is 1. The van der Waals surface area contributed by atoms with Gasteiger partial charge >= 0.3 is 0 Å². The molecule has 0 aliphatic carbocycles. The number of likely N-dealkylation sites (N-methyl/N-ethyl adjacent to an activating group) is 1. The van der Waals surface area contributed by atoms with Gasteiger partial charge < -0.3 is 9.47 Å². The second-order valence-electron chi connectivity index (χ2n) is 6.32. The van der Waals surface area contributed by atoms with E-state index in [1.165, 1.54) is 0 Å². The number of likely N-dealkylation sites (tertiary alicyclic amines) is 2. The highest BCUT2D eigenvalue weighted by Gasteiger charge is 2.34. The van der Waals surface area contributed by atoms with E-state index in [-0.39, 0.29) is 6.04 Å². The predicted octanol–water partition coefficient (Wildman–Crippen LogP) is 1.70. The first kappa shape index (κ1) is 14.6. The Labute approximate surface area is 126 Å². The van der Waals surface area contributed by atoms with Crippen LogP contribution in [0.25, 0.3) is 0 Å². The fourth-order valence-electron chi connectivity index (χ4n) is 3.77. The van der Waals surface area contributed by atoms with E-state index in [4.69, 9.17) is 0 Å². The molecule has 21 heavy (non-hydrogen) atoms. The van der Waals surface area contributed by atoms with Gasteiger partial charge in [0.2, 0.25) is 5.91 Å². The number of nitrogens with zero attached hydrogens (tertiary/aromatic N) is 4. The van der Waals surface area contributed by atoms with Crippen molar-refractivity contribution in [1.29, 1.82) is 0 Å². The number of carbonyl (C=O) groups excluding carboxylic acids is 1. The number of carbonyl (C=O) groups is 1. The third kappa shape index (κ3) is 2.84. The van der Waals surface area contributed by atoms with Gasteiger partial charge in [-0.2, -0.15) is 0 Å². The van der Waals surface area contributed by atoms with E-state index in [1.807, 2.05) is 6.20 Å². The third-order valence-corrected chi connectivity index (χ3v) is 4.97. The summed E-state index contributed by atoms with van der Waals surface area (Å²) < 4.78 is 2.28. The third-order valence-electron chi connectivity index (χ3n) is 4.97. The molecule has 0 aromatic carbocycles. The largest absolute Gasteiger partial charge is 0.339 e. The zero-order chi connectivity index (χ0) is 14.8. The van der Waals surface area contributed by atoms with Crippen molar-refractivity contribution in [3.63, 3.8) is 0 Å². The second kappa shape index (κ2) is 6.18. The fraction of sp³-hybridized carbons (Fsp3) is 0.750. The summed E-state index contributed by atoms with van der Waals surface area (Å²) in [5.41, 5.74) is 0. The molecule has 5 nitrogen and oxygen atoms in total. The highest BCUT2D eigenvalue weighted by molar-refractivity contribution is 5.82. The molecule has 1 aromatic rings. The Hall–Kier alpha value is -1.36. The van der Waals surface area contributed by atoms with E-state index >= 15 is 0 Å². The van der Waals surface area contributed by atoms with Crippen LogP contribution < -0.4 is 0 Å². The minimum atomic E-state index is 0.109. The zero-order valence-electron chi connectivity index (χ0n) is 13.2. The summed E-state index contributed by atoms with van der Waals surface area (Å²) >= 11 is 0. The van der Waals surface area contributed by atoms with Crippen LogP contribution in [0.5, 0.6) is 0 Å². The number of hydrogen-bond acceptors (Lipinski definition) is 3. The normalized spacial score (nSPS) is 27.2. The summed E-state index contributed by atoms with van der Waals surface area (Å²) in [5.74, 6) is 1.46. The molecule has 5 heteroatoms. The maximum atomic E-state index is 12.7. The van der Waals surface area contributed by atoms with Crippen LogP contribution in [0, 0.1) is 0 Å². The van der Waals surface area contributed by atoms with Crippen molar-refractivity contribution in [3.8, 4) is 0 Å². The summed E-state index contributed by atoms with van der Waals surface area (Å²) in [5, 5.41) is 0. The van der Waals surface area contributed by atoms with Crippen LogP contribution in [0.3, 0.4) is 0 Å². The quantitative estimate of drug-likeness (QED) is 0.851. The lowest BCUT2D eigenvalue weighted by molar-refractivity contribution is -0.137. The molecule has 3 rings (SSSR count). The van der Waals surface area contributed by atoms with E-state index in [0.29, 0.717) is 11.9 Å². The molecule has 2 fully saturated rings. The average Bonchev–Trinajstić information content (AvgIpc) is 3.15. The van der Waals surface area contributed by atoms with E-state index < -0.39 is 0 Å². The van der Waals surface area contributed by atoms with E-state index in [9.17, 15) is 4.79 Å². The Morgan fingerprint density at radius 2 is 2.14 bits per heavy atom. The first-order chi connectivity index (χ1) is 10.2. The molecule has 2 atom stereocenters. The van der Waals surface area contributed by atoms with Crippen molar-refractivity contribution in [3.05, 3.63) is 18.2 Å². The van der Waals surface area contributed by atoms with Crippen LogP contribution in [0.4, 0.5) is 0 Å². The molecular formula is C16H26N4O. The van der Waals surface area contributed by atoms with Gasteiger partial charge in [0.05, 0.1) is 12.1 Å². The minimum absolute atomic E-state index is 0.109. The zero-order valence-corrected chi connectivity index (χ0v) is 13.2. The molecule has 0 unspecified atom stereocenters. The van der Waals surface area contributed by atoms with Gasteiger partial charge in [-0.1, -0.05) is 6.92 Å². The van der Waals surface area contributed by atoms with Gasteiger partial charge in [-0.3, -0.25) is 9.69 Å². The Morgan fingerprint density at radius 3 is 2.86 bits per heavy atom. The van der Waals surface area contributed by atoms with Crippen molar-refractivity contribution in [2.45, 2.75) is 51.1 Å². The number of imidazole rings is 1. The Bertz CT molecular complexity index is 498. The van der Waals surface area contributed by atoms with Crippen LogP contribution >= 0.6 is 0 Å². The van der Waals surface area contributed by atoms with Crippen molar-refractivity contribution in [2.75, 3.05) is 26.7 Å². The highest BCUT2D eigenvalue weighted by atomic mass is 16.2. The van der Waals surface area contributed by atoms with Gasteiger partial charge in [-0.05, 0) is 39.3 Å². The predicted molar refractivity (Wildman–Crippen MR) is 82.1 cm³/mol. The summed E-state index contributed by atoms with van der Waals surface area (Å²) in [6.45, 7) is 4.94. The molecule has 0 N–H and O–H groups in total. The lowest BCUT2D eigenvalue weighted by Crippen LogP contribution is -2.48. The Morgan fingerprint density at radius 1 is 1.33 bits per heavy atom. The smallest absolute Gasteiger partial charge is 0.239 e. The molecule has 1 amide bonds. The average molecular weight is 290 g/mol. The lowest BCUT2D eigenvalue weighted by atomic mass is 10.0. The number of rotatable bonds is 3. The first-order valence-electron chi connectivity index (χ1n) is 8.21. The molecule has 2 aliphatic rings. The van der Waals surface area contributed by atoms with Crippen LogP contribution in [0.1, 0.15) is 44.5 Å². The summed E-state index contributed by atoms with van der Waals surface area (Å²) in [4.78, 5) is 21.5. The fourth-order valence-corrected chi connectivity index (χ4v) is 3.77. The molecule has 0 radical (unpaired) electrons. The number of hydrogen-bond donors (Lipinski definition) is 0. The molecule has 0 bridgehead atoms. The molecular weight excluding hydrogens is 264 g/mol. The molecule has 0 saturated carbocycles. The molecule has 1 aromatic heterocycles. The summed E-state index contributed by atoms with van der Waals surface area (Å²) in [6, 6.07) is 0.504. The monoisotopic (exact) mass is 290 g/mol. The van der Waals surface area contributed by atoms with Crippen molar-refractivity contribution in [1.82, 2.24) is 19.4 Å². The number of amides is 1. The van der Waals surface area contributed by atoms with Crippen molar-refractivity contribution >= 4 is 5.91 Å². The maximum Gasteiger partial charge on any atom is 0.239 e. The van der Waals surface area contributed by atoms with Gasteiger partial charge in [-0.25, -0.2) is 4.98 Å². The minimum Gasteiger partial charge on any atom is -0.339 e. The highest BCUT2D eigenvalue weighted by Crippen LogP contribution is 2.25. The van der Waals surface area contributed by atoms with Crippen LogP contribution in [-0.4, -0.2) is 58.0 Å². The van der Waals surface area contributed by atoms with E-state index in [2.05, 4.69) is 39.5 Å². The Balaban J connectivity index is 1.69. The van der Waals surface area contributed by atoms with Crippen molar-refractivity contribution < 1.29 is 4.79 Å². The molecule has 3 heterocycles. The number of piperidine rings is 1. The topological polar surface area (TPSA) is 41.4 Å². The molecule has 116 valence electrons. The van der Waals surface area contributed by atoms with Crippen LogP contribution in [-0.2, 0) is 11.2 Å². The van der Waals surface area contributed by atoms with Gasteiger partial charge in [0, 0.05) is 31.9 Å². The van der Waals surface area contributed by atoms with Gasteiger partial charge in [0.25, 0.3) is 0 Å². The standard InChI is InChI=1S/C16H26N4O/c1-3-15-17-8-11-20(15)13-6-4-10-19(12-13)16(21)14-7-5-9-18(14)2/h8,11,13-14H,3-7,9-10,12H2,1-2H3/t13-,14-/m1/s1. The molecule has 0 spiro atoms. The molecule has 2 aliphatic heterocycles. The van der Waals surface area contributed by atoms with E-state index in [1.54, 1.807) is 0 Å². The maximum absolute atomic E-state index is 12.7. The summed E-state index contributed by atoms with van der Waals surface area (Å²) in [7, 11) is 2.07. The van der Waals surface area contributed by atoms with E-state index in [0.717, 1.165) is 57.6 Å². The lowest BCUT2D eigenvalue weighted by Gasteiger charge is -2.36. The van der Waals surface area contributed by atoms with Gasteiger partial charge in [0.15, 0.2) is 0 Å². The summed E-state index contributed by atoms with van der Waals surface area (Å²) in [6.07, 6.45) is 9.29. The van der Waals surface area contributed by atoms with Gasteiger partial charge in [0.1, 0.15) is 5.82 Å². The second-order valence-corrected chi connectivity index (χ2v) is 6.32. The first-order valence-corrected chi connectivity index (χ1v) is 8.21. The van der Waals surface area contributed by atoms with Crippen LogP contribution in [0.15, 0.2) is 12.4 Å². The van der Waals surface area contributed by atoms with Gasteiger partial charge in [-0.15, -0.1) is 0 Å². The van der Waals surface area contributed by atoms with Crippen molar-refractivity contribution in [2.24, 2.45) is 0 Å². The Kier molecular flexibility index (Phi) is 4.29. The SMILES string of the molecule is CCc1nccn1[C@@H]1CCCN(C(=O)[C@H]2CCCN2C)C1.